The lowest BCUT2D eigenvalue weighted by Crippen LogP contribution is -1.90. The average molecular weight is 243 g/mol. The van der Waals surface area contributed by atoms with Crippen LogP contribution in [-0.4, -0.2) is 6.21 Å². The summed E-state index contributed by atoms with van der Waals surface area (Å²) in [4.78, 5) is 4.58. The van der Waals surface area contributed by atoms with E-state index < -0.39 is 0 Å². The zero-order valence-electron chi connectivity index (χ0n) is 10.5. The Morgan fingerprint density at radius 3 is 2.58 bits per heavy atom. The number of fused-ring (bicyclic) bond motifs is 5. The predicted octanol–water partition coefficient (Wildman–Crippen LogP) is 4.44. The van der Waals surface area contributed by atoms with Crippen LogP contribution in [0.3, 0.4) is 0 Å². The second-order valence-corrected chi connectivity index (χ2v) is 4.87. The number of nitrogens with zero attached hydrogens (tertiary/aromatic N) is 1. The molecule has 0 amide bonds. The molecule has 19 heavy (non-hydrogen) atoms. The van der Waals surface area contributed by atoms with Crippen molar-refractivity contribution < 1.29 is 0 Å². The first-order valence-corrected chi connectivity index (χ1v) is 6.53. The third-order valence-corrected chi connectivity index (χ3v) is 3.76. The molecule has 1 aliphatic rings. The topological polar surface area (TPSA) is 12.4 Å². The van der Waals surface area contributed by atoms with Gasteiger partial charge >= 0.3 is 0 Å². The molecule has 1 heteroatoms. The number of hydrogen-bond acceptors (Lipinski definition) is 1. The van der Waals surface area contributed by atoms with Crippen LogP contribution in [0.25, 0.3) is 21.9 Å². The maximum atomic E-state index is 4.58. The lowest BCUT2D eigenvalue weighted by Gasteiger charge is -2.10. The maximum Gasteiger partial charge on any atom is 0.0646 e. The molecule has 0 spiro atoms. The number of hydrogen-bond donors (Lipinski definition) is 0. The van der Waals surface area contributed by atoms with E-state index in [-0.39, 0.29) is 0 Å². The molecule has 0 aliphatic carbocycles. The summed E-state index contributed by atoms with van der Waals surface area (Å²) in [5, 5.41) is 2.55. The van der Waals surface area contributed by atoms with Gasteiger partial charge in [0.05, 0.1) is 6.54 Å². The van der Waals surface area contributed by atoms with E-state index in [1.165, 1.54) is 33.0 Å². The second-order valence-electron chi connectivity index (χ2n) is 4.87. The molecule has 0 atom stereocenters. The van der Waals surface area contributed by atoms with E-state index in [1.54, 1.807) is 0 Å². The molecule has 1 nitrogen and oxygen atoms in total. The van der Waals surface area contributed by atoms with Gasteiger partial charge in [0, 0.05) is 11.8 Å². The molecular formula is C18H13N. The molecule has 1 aliphatic heterocycles. The third kappa shape index (κ3) is 1.59. The van der Waals surface area contributed by atoms with Crippen LogP contribution >= 0.6 is 0 Å². The second kappa shape index (κ2) is 4.06. The molecule has 3 aromatic carbocycles. The molecule has 3 aromatic rings. The van der Waals surface area contributed by atoms with Crippen LogP contribution in [-0.2, 0) is 6.54 Å². The molecule has 0 fully saturated rings. The Balaban J connectivity index is 2.13. The number of benzene rings is 3. The first-order chi connectivity index (χ1) is 9.43. The van der Waals surface area contributed by atoms with E-state index in [1.807, 2.05) is 6.21 Å². The molecule has 0 saturated carbocycles. The van der Waals surface area contributed by atoms with E-state index >= 15 is 0 Å². The summed E-state index contributed by atoms with van der Waals surface area (Å²) in [5.41, 5.74) is 5.13. The number of aliphatic imine (C=N–C) groups is 1. The molecule has 90 valence electrons. The first kappa shape index (κ1) is 10.5. The predicted molar refractivity (Wildman–Crippen MR) is 80.7 cm³/mol. The van der Waals surface area contributed by atoms with Crippen molar-refractivity contribution in [2.75, 3.05) is 0 Å². The summed E-state index contributed by atoms with van der Waals surface area (Å²) >= 11 is 0. The standard InChI is InChI=1S/C18H13N/c1-3-7-15-13(5-1)9-10-17-16-8-4-2-6-14(16)11-19-12-18(15)17/h1-10,12H,11H2. The zero-order chi connectivity index (χ0) is 12.7. The van der Waals surface area contributed by atoms with Crippen molar-refractivity contribution in [3.05, 3.63) is 71.8 Å². The van der Waals surface area contributed by atoms with E-state index in [0.717, 1.165) is 6.54 Å². The van der Waals surface area contributed by atoms with Gasteiger partial charge in [0.1, 0.15) is 0 Å². The van der Waals surface area contributed by atoms with Crippen LogP contribution < -0.4 is 0 Å². The van der Waals surface area contributed by atoms with Gasteiger partial charge in [0.2, 0.25) is 0 Å². The smallest absolute Gasteiger partial charge is 0.0646 e. The van der Waals surface area contributed by atoms with Crippen LogP contribution in [0, 0.1) is 0 Å². The molecule has 0 radical (unpaired) electrons. The van der Waals surface area contributed by atoms with E-state index in [2.05, 4.69) is 65.7 Å². The Hall–Kier alpha value is -2.41. The van der Waals surface area contributed by atoms with Crippen LogP contribution in [0.4, 0.5) is 0 Å². The van der Waals surface area contributed by atoms with Gasteiger partial charge in [-0.1, -0.05) is 60.7 Å². The summed E-state index contributed by atoms with van der Waals surface area (Å²) in [6.07, 6.45) is 2.03. The lowest BCUT2D eigenvalue weighted by molar-refractivity contribution is 1.09. The van der Waals surface area contributed by atoms with Gasteiger partial charge in [-0.25, -0.2) is 0 Å². The largest absolute Gasteiger partial charge is 0.288 e. The van der Waals surface area contributed by atoms with Crippen LogP contribution in [0.1, 0.15) is 11.1 Å². The molecule has 4 rings (SSSR count). The van der Waals surface area contributed by atoms with Gasteiger partial charge < -0.3 is 0 Å². The summed E-state index contributed by atoms with van der Waals surface area (Å²) < 4.78 is 0. The van der Waals surface area contributed by atoms with Crippen molar-refractivity contribution in [1.82, 2.24) is 0 Å². The van der Waals surface area contributed by atoms with Crippen molar-refractivity contribution in [3.63, 3.8) is 0 Å². The SMILES string of the molecule is C1=NCc2ccccc2-c2ccc3ccccc3c21. The Labute approximate surface area is 112 Å². The minimum atomic E-state index is 0.763. The molecule has 0 unspecified atom stereocenters. The van der Waals surface area contributed by atoms with Crippen LogP contribution in [0.2, 0.25) is 0 Å². The average Bonchev–Trinajstić information content (AvgIpc) is 2.66. The van der Waals surface area contributed by atoms with Crippen molar-refractivity contribution in [2.24, 2.45) is 4.99 Å². The Kier molecular flexibility index (Phi) is 2.25. The van der Waals surface area contributed by atoms with Gasteiger partial charge in [-0.05, 0) is 27.5 Å². The van der Waals surface area contributed by atoms with Gasteiger partial charge in [-0.2, -0.15) is 0 Å². The quantitative estimate of drug-likeness (QED) is 0.553. The van der Waals surface area contributed by atoms with Crippen LogP contribution in [0.15, 0.2) is 65.7 Å². The Morgan fingerprint density at radius 2 is 1.58 bits per heavy atom. The van der Waals surface area contributed by atoms with Gasteiger partial charge in [0.25, 0.3) is 0 Å². The minimum Gasteiger partial charge on any atom is -0.288 e. The van der Waals surface area contributed by atoms with Gasteiger partial charge in [0.15, 0.2) is 0 Å². The summed E-state index contributed by atoms with van der Waals surface area (Å²) in [6, 6.07) is 21.5. The zero-order valence-corrected chi connectivity index (χ0v) is 10.5. The minimum absolute atomic E-state index is 0.763. The molecular weight excluding hydrogens is 230 g/mol. The maximum absolute atomic E-state index is 4.58. The molecule has 0 bridgehead atoms. The normalized spacial score (nSPS) is 12.8. The highest BCUT2D eigenvalue weighted by Crippen LogP contribution is 2.33. The Bertz CT molecular complexity index is 800. The van der Waals surface area contributed by atoms with E-state index in [9.17, 15) is 0 Å². The highest BCUT2D eigenvalue weighted by Gasteiger charge is 2.13. The molecule has 1 heterocycles. The first-order valence-electron chi connectivity index (χ1n) is 6.53. The molecule has 0 saturated heterocycles. The monoisotopic (exact) mass is 243 g/mol. The highest BCUT2D eigenvalue weighted by molar-refractivity contribution is 6.06. The fourth-order valence-corrected chi connectivity index (χ4v) is 2.83. The van der Waals surface area contributed by atoms with Crippen molar-refractivity contribution in [1.29, 1.82) is 0 Å². The van der Waals surface area contributed by atoms with E-state index in [4.69, 9.17) is 0 Å². The lowest BCUT2D eigenvalue weighted by atomic mass is 9.93. The van der Waals surface area contributed by atoms with Gasteiger partial charge in [-0.15, -0.1) is 0 Å². The van der Waals surface area contributed by atoms with E-state index in [0.29, 0.717) is 0 Å². The van der Waals surface area contributed by atoms with Crippen LogP contribution in [0.5, 0.6) is 0 Å². The van der Waals surface area contributed by atoms with Crippen molar-refractivity contribution >= 4 is 17.0 Å². The fourth-order valence-electron chi connectivity index (χ4n) is 2.83. The highest BCUT2D eigenvalue weighted by atomic mass is 14.7. The summed E-state index contributed by atoms with van der Waals surface area (Å²) in [5.74, 6) is 0. The van der Waals surface area contributed by atoms with Crippen molar-refractivity contribution in [2.45, 2.75) is 6.54 Å². The molecule has 0 aromatic heterocycles. The summed E-state index contributed by atoms with van der Waals surface area (Å²) in [6.45, 7) is 0.763. The number of rotatable bonds is 0. The van der Waals surface area contributed by atoms with Gasteiger partial charge in [-0.3, -0.25) is 4.99 Å². The Morgan fingerprint density at radius 1 is 0.737 bits per heavy atom. The summed E-state index contributed by atoms with van der Waals surface area (Å²) in [7, 11) is 0. The fraction of sp³-hybridized carbons (Fsp3) is 0.0556. The molecule has 0 N–H and O–H groups in total. The van der Waals surface area contributed by atoms with Crippen molar-refractivity contribution in [3.8, 4) is 11.1 Å². The third-order valence-electron chi connectivity index (χ3n) is 3.76.